The van der Waals surface area contributed by atoms with E-state index in [9.17, 15) is 0 Å². The van der Waals surface area contributed by atoms with Gasteiger partial charge in [0.2, 0.25) is 0 Å². The molecule has 0 spiro atoms. The Kier molecular flexibility index (Phi) is 3.57. The predicted octanol–water partition coefficient (Wildman–Crippen LogP) is 4.19. The second-order valence-corrected chi connectivity index (χ2v) is 5.29. The maximum atomic E-state index is 6.20. The van der Waals surface area contributed by atoms with Crippen LogP contribution in [0.5, 0.6) is 5.75 Å². The van der Waals surface area contributed by atoms with Crippen LogP contribution in [-0.2, 0) is 0 Å². The molecule has 0 amide bonds. The summed E-state index contributed by atoms with van der Waals surface area (Å²) in [7, 11) is 1.60. The Morgan fingerprint density at radius 3 is 2.67 bits per heavy atom. The molecule has 0 atom stereocenters. The van der Waals surface area contributed by atoms with Gasteiger partial charge >= 0.3 is 0 Å². The average molecular weight is 320 g/mol. The van der Waals surface area contributed by atoms with Gasteiger partial charge in [-0.1, -0.05) is 35.3 Å². The minimum absolute atomic E-state index is 0.335. The van der Waals surface area contributed by atoms with E-state index in [0.717, 1.165) is 11.3 Å². The number of hydrogen-bond acceptors (Lipinski definition) is 4. The molecule has 2 aromatic carbocycles. The van der Waals surface area contributed by atoms with Crippen LogP contribution in [0.15, 0.2) is 36.4 Å². The highest BCUT2D eigenvalue weighted by atomic mass is 35.5. The number of methoxy groups -OCH3 is 1. The Bertz CT molecular complexity index is 837. The van der Waals surface area contributed by atoms with Crippen molar-refractivity contribution >= 4 is 39.9 Å². The second-order valence-electron chi connectivity index (χ2n) is 4.45. The van der Waals surface area contributed by atoms with E-state index in [1.54, 1.807) is 19.2 Å². The first-order valence-electron chi connectivity index (χ1n) is 6.15. The van der Waals surface area contributed by atoms with Crippen molar-refractivity contribution in [2.75, 3.05) is 12.8 Å². The Hall–Kier alpha value is -2.04. The molecule has 0 aliphatic carbocycles. The fraction of sp³-hybridized carbons (Fsp3) is 0.0667. The SMILES string of the molecule is COc1cccc(-c2nc(N)c3cc(Cl)cc(Cl)c3n2)c1. The van der Waals surface area contributed by atoms with Crippen molar-refractivity contribution in [3.05, 3.63) is 46.4 Å². The number of nitrogens with two attached hydrogens (primary N) is 1. The molecular weight excluding hydrogens is 309 g/mol. The molecule has 0 saturated carbocycles. The number of fused-ring (bicyclic) bond motifs is 1. The Balaban J connectivity index is 2.24. The minimum Gasteiger partial charge on any atom is -0.497 e. The topological polar surface area (TPSA) is 61.0 Å². The van der Waals surface area contributed by atoms with Crippen LogP contribution in [-0.4, -0.2) is 17.1 Å². The van der Waals surface area contributed by atoms with Gasteiger partial charge in [-0.15, -0.1) is 0 Å². The van der Waals surface area contributed by atoms with E-state index < -0.39 is 0 Å². The zero-order valence-corrected chi connectivity index (χ0v) is 12.6. The van der Waals surface area contributed by atoms with E-state index in [1.165, 1.54) is 0 Å². The molecule has 6 heteroatoms. The van der Waals surface area contributed by atoms with Crippen molar-refractivity contribution in [2.24, 2.45) is 0 Å². The van der Waals surface area contributed by atoms with Crippen molar-refractivity contribution in [1.82, 2.24) is 9.97 Å². The molecule has 21 heavy (non-hydrogen) atoms. The molecular formula is C15H11Cl2N3O. The van der Waals surface area contributed by atoms with Crippen LogP contribution in [0.25, 0.3) is 22.3 Å². The van der Waals surface area contributed by atoms with Gasteiger partial charge in [0.1, 0.15) is 11.6 Å². The number of hydrogen-bond donors (Lipinski definition) is 1. The third-order valence-electron chi connectivity index (χ3n) is 3.08. The summed E-state index contributed by atoms with van der Waals surface area (Å²) in [4.78, 5) is 8.81. The summed E-state index contributed by atoms with van der Waals surface area (Å²) in [6, 6.07) is 10.8. The van der Waals surface area contributed by atoms with Crippen LogP contribution in [0.3, 0.4) is 0 Å². The van der Waals surface area contributed by atoms with Crippen molar-refractivity contribution in [3.63, 3.8) is 0 Å². The summed E-state index contributed by atoms with van der Waals surface area (Å²) in [5.74, 6) is 1.54. The summed E-state index contributed by atoms with van der Waals surface area (Å²) in [5.41, 5.74) is 7.38. The van der Waals surface area contributed by atoms with Gasteiger partial charge in [-0.3, -0.25) is 0 Å². The molecule has 0 bridgehead atoms. The van der Waals surface area contributed by atoms with E-state index in [1.807, 2.05) is 24.3 Å². The molecule has 0 unspecified atom stereocenters. The van der Waals surface area contributed by atoms with Crippen LogP contribution in [0, 0.1) is 0 Å². The van der Waals surface area contributed by atoms with E-state index in [0.29, 0.717) is 32.6 Å². The van der Waals surface area contributed by atoms with E-state index in [-0.39, 0.29) is 0 Å². The first-order chi connectivity index (χ1) is 10.1. The summed E-state index contributed by atoms with van der Waals surface area (Å²) in [6.07, 6.45) is 0. The molecule has 4 nitrogen and oxygen atoms in total. The van der Waals surface area contributed by atoms with Crippen molar-refractivity contribution in [2.45, 2.75) is 0 Å². The highest BCUT2D eigenvalue weighted by molar-refractivity contribution is 6.38. The Morgan fingerprint density at radius 1 is 1.10 bits per heavy atom. The van der Waals surface area contributed by atoms with Crippen LogP contribution in [0.4, 0.5) is 5.82 Å². The number of halogens is 2. The standard InChI is InChI=1S/C15H11Cl2N3O/c1-21-10-4-2-3-8(5-10)15-19-13-11(14(18)20-15)6-9(16)7-12(13)17/h2-7H,1H3,(H2,18,19,20). The van der Waals surface area contributed by atoms with Gasteiger partial charge < -0.3 is 10.5 Å². The average Bonchev–Trinajstić information content (AvgIpc) is 2.48. The lowest BCUT2D eigenvalue weighted by molar-refractivity contribution is 0.415. The molecule has 0 fully saturated rings. The monoisotopic (exact) mass is 319 g/mol. The van der Waals surface area contributed by atoms with Gasteiger partial charge in [0.05, 0.1) is 17.6 Å². The number of anilines is 1. The van der Waals surface area contributed by atoms with Crippen molar-refractivity contribution in [1.29, 1.82) is 0 Å². The number of nitrogens with zero attached hydrogens (tertiary/aromatic N) is 2. The van der Waals surface area contributed by atoms with Crippen LogP contribution in [0.1, 0.15) is 0 Å². The molecule has 3 rings (SSSR count). The maximum absolute atomic E-state index is 6.20. The van der Waals surface area contributed by atoms with E-state index in [4.69, 9.17) is 33.7 Å². The van der Waals surface area contributed by atoms with Crippen molar-refractivity contribution in [3.8, 4) is 17.1 Å². The molecule has 3 aromatic rings. The number of aromatic nitrogens is 2. The summed E-state index contributed by atoms with van der Waals surface area (Å²) < 4.78 is 5.20. The zero-order chi connectivity index (χ0) is 15.0. The molecule has 2 N–H and O–H groups in total. The van der Waals surface area contributed by atoms with Gasteiger partial charge in [-0.05, 0) is 24.3 Å². The van der Waals surface area contributed by atoms with Crippen LogP contribution in [0.2, 0.25) is 10.0 Å². The summed E-state index contributed by atoms with van der Waals surface area (Å²) in [6.45, 7) is 0. The lowest BCUT2D eigenvalue weighted by atomic mass is 10.1. The zero-order valence-electron chi connectivity index (χ0n) is 11.1. The lowest BCUT2D eigenvalue weighted by Crippen LogP contribution is -1.98. The van der Waals surface area contributed by atoms with Gasteiger partial charge in [0.25, 0.3) is 0 Å². The molecule has 106 valence electrons. The smallest absolute Gasteiger partial charge is 0.162 e. The normalized spacial score (nSPS) is 10.8. The van der Waals surface area contributed by atoms with Gasteiger partial charge in [0.15, 0.2) is 5.82 Å². The van der Waals surface area contributed by atoms with E-state index in [2.05, 4.69) is 9.97 Å². The van der Waals surface area contributed by atoms with Crippen LogP contribution >= 0.6 is 23.2 Å². The van der Waals surface area contributed by atoms with Crippen molar-refractivity contribution < 1.29 is 4.74 Å². The van der Waals surface area contributed by atoms with Crippen LogP contribution < -0.4 is 10.5 Å². The Morgan fingerprint density at radius 2 is 1.90 bits per heavy atom. The maximum Gasteiger partial charge on any atom is 0.162 e. The fourth-order valence-electron chi connectivity index (χ4n) is 2.07. The number of ether oxygens (including phenoxy) is 1. The lowest BCUT2D eigenvalue weighted by Gasteiger charge is -2.08. The van der Waals surface area contributed by atoms with E-state index >= 15 is 0 Å². The third-order valence-corrected chi connectivity index (χ3v) is 3.58. The largest absolute Gasteiger partial charge is 0.497 e. The Labute approximate surface area is 131 Å². The second kappa shape index (κ2) is 5.39. The fourth-order valence-corrected chi connectivity index (χ4v) is 2.61. The molecule has 1 aromatic heterocycles. The quantitative estimate of drug-likeness (QED) is 0.769. The number of rotatable bonds is 2. The van der Waals surface area contributed by atoms with Gasteiger partial charge in [0, 0.05) is 16.0 Å². The minimum atomic E-state index is 0.335. The third kappa shape index (κ3) is 2.60. The van der Waals surface area contributed by atoms with Gasteiger partial charge in [-0.25, -0.2) is 9.97 Å². The summed E-state index contributed by atoms with van der Waals surface area (Å²) in [5, 5.41) is 1.58. The first kappa shape index (κ1) is 13.9. The first-order valence-corrected chi connectivity index (χ1v) is 6.91. The molecule has 0 saturated heterocycles. The highest BCUT2D eigenvalue weighted by Gasteiger charge is 2.11. The number of benzene rings is 2. The molecule has 1 heterocycles. The predicted molar refractivity (Wildman–Crippen MR) is 86.0 cm³/mol. The number of nitrogen functional groups attached to an aromatic ring is 1. The van der Waals surface area contributed by atoms with Gasteiger partial charge in [-0.2, -0.15) is 0 Å². The highest BCUT2D eigenvalue weighted by Crippen LogP contribution is 2.31. The molecule has 0 radical (unpaired) electrons. The molecule has 0 aliphatic heterocycles. The molecule has 0 aliphatic rings. The summed E-state index contributed by atoms with van der Waals surface area (Å²) >= 11 is 12.2.